The molecule has 0 aliphatic heterocycles. The molecule has 4 aromatic rings. The Morgan fingerprint density at radius 3 is 2.72 bits per heavy atom. The second kappa shape index (κ2) is 11.1. The molecule has 9 nitrogen and oxygen atoms in total. The van der Waals surface area contributed by atoms with Crippen LogP contribution >= 0.6 is 12.6 Å². The van der Waals surface area contributed by atoms with Gasteiger partial charge in [-0.3, -0.25) is 4.57 Å². The molecule has 0 fully saturated rings. The fraction of sp³-hybridized carbons (Fsp3) is 0.500. The van der Waals surface area contributed by atoms with Crippen molar-refractivity contribution in [1.29, 1.82) is 0 Å². The summed E-state index contributed by atoms with van der Waals surface area (Å²) in [6.45, 7) is 8.35. The normalized spacial score (nSPS) is 12.0. The number of aryl methyl sites for hydroxylation is 1. The lowest BCUT2D eigenvalue weighted by Gasteiger charge is -2.16. The highest BCUT2D eigenvalue weighted by molar-refractivity contribution is 7.80. The van der Waals surface area contributed by atoms with Gasteiger partial charge in [0.05, 0.1) is 18.1 Å². The Labute approximate surface area is 192 Å². The summed E-state index contributed by atoms with van der Waals surface area (Å²) in [6, 6.07) is 1.92. The summed E-state index contributed by atoms with van der Waals surface area (Å²) in [7, 11) is 0. The zero-order valence-electron chi connectivity index (χ0n) is 19.1. The fourth-order valence-electron chi connectivity index (χ4n) is 3.42. The average Bonchev–Trinajstić information content (AvgIpc) is 3.34. The highest BCUT2D eigenvalue weighted by atomic mass is 32.1. The van der Waals surface area contributed by atoms with Crippen molar-refractivity contribution in [1.82, 2.24) is 29.1 Å². The molecule has 1 unspecified atom stereocenters. The number of thiol groups is 1. The van der Waals surface area contributed by atoms with Crippen LogP contribution in [0.3, 0.4) is 0 Å². The molecule has 0 radical (unpaired) electrons. The quantitative estimate of drug-likeness (QED) is 0.361. The van der Waals surface area contributed by atoms with Crippen LogP contribution in [0, 0.1) is 6.92 Å². The van der Waals surface area contributed by atoms with Gasteiger partial charge in [-0.25, -0.2) is 19.3 Å². The van der Waals surface area contributed by atoms with Gasteiger partial charge in [0.15, 0.2) is 16.9 Å². The van der Waals surface area contributed by atoms with Crippen LogP contribution in [0.1, 0.15) is 64.5 Å². The molecule has 0 aromatic carbocycles. The second-order valence-corrected chi connectivity index (χ2v) is 8.14. The molecule has 0 aliphatic rings. The van der Waals surface area contributed by atoms with E-state index in [1.54, 1.807) is 9.08 Å². The Morgan fingerprint density at radius 2 is 2.00 bits per heavy atom. The fourth-order valence-corrected chi connectivity index (χ4v) is 3.72. The van der Waals surface area contributed by atoms with E-state index in [1.807, 2.05) is 19.2 Å². The summed E-state index contributed by atoms with van der Waals surface area (Å²) >= 11 is 4.36. The first-order valence-corrected chi connectivity index (χ1v) is 11.7. The van der Waals surface area contributed by atoms with Gasteiger partial charge in [-0.15, -0.1) is 0 Å². The van der Waals surface area contributed by atoms with E-state index in [0.717, 1.165) is 42.6 Å². The van der Waals surface area contributed by atoms with E-state index in [4.69, 9.17) is 4.42 Å². The Hall–Kier alpha value is -2.88. The standard InChI is InChI=1S/C19H23N7O2S.C3H8/c1-3-4-5-13(6-7-29)26-17-15(28-19(26)27)9-20-18(24-17)23-14-10-25-16(8-12(14)2)21-11-22-25;1-3-2/h8-11,13,29H,3-7H2,1-2H3,(H,20,23,24);3H2,1-2H3. The summed E-state index contributed by atoms with van der Waals surface area (Å²) < 4.78 is 8.71. The van der Waals surface area contributed by atoms with Crippen LogP contribution in [0.2, 0.25) is 0 Å². The lowest BCUT2D eigenvalue weighted by molar-refractivity contribution is 0.401. The number of aromatic nitrogens is 6. The minimum atomic E-state index is -0.408. The number of rotatable bonds is 8. The van der Waals surface area contributed by atoms with Crippen LogP contribution in [0.4, 0.5) is 11.6 Å². The molecule has 0 saturated carbocycles. The van der Waals surface area contributed by atoms with E-state index in [2.05, 4.69) is 58.8 Å². The Kier molecular flexibility index (Phi) is 8.26. The molecule has 4 aromatic heterocycles. The molecule has 0 saturated heterocycles. The molecule has 0 bridgehead atoms. The second-order valence-electron chi connectivity index (χ2n) is 7.69. The Bertz CT molecular complexity index is 1210. The third-order valence-corrected chi connectivity index (χ3v) is 5.20. The maximum atomic E-state index is 12.5. The highest BCUT2D eigenvalue weighted by Crippen LogP contribution is 2.25. The number of nitrogens with zero attached hydrogens (tertiary/aromatic N) is 6. The first-order chi connectivity index (χ1) is 15.5. The first-order valence-electron chi connectivity index (χ1n) is 11.1. The molecule has 172 valence electrons. The van der Waals surface area contributed by atoms with E-state index in [-0.39, 0.29) is 6.04 Å². The van der Waals surface area contributed by atoms with Crippen molar-refractivity contribution < 1.29 is 4.42 Å². The lowest BCUT2D eigenvalue weighted by atomic mass is 10.1. The van der Waals surface area contributed by atoms with E-state index in [0.29, 0.717) is 22.9 Å². The van der Waals surface area contributed by atoms with Gasteiger partial charge in [0.2, 0.25) is 5.95 Å². The van der Waals surface area contributed by atoms with E-state index < -0.39 is 5.76 Å². The van der Waals surface area contributed by atoms with Crippen molar-refractivity contribution in [2.24, 2.45) is 0 Å². The minimum absolute atomic E-state index is 0.00261. The summed E-state index contributed by atoms with van der Waals surface area (Å²) in [5.74, 6) is 0.658. The molecule has 1 atom stereocenters. The van der Waals surface area contributed by atoms with Crippen molar-refractivity contribution in [2.45, 2.75) is 65.8 Å². The predicted octanol–water partition coefficient (Wildman–Crippen LogP) is 4.95. The molecular weight excluding hydrogens is 426 g/mol. The van der Waals surface area contributed by atoms with Gasteiger partial charge >= 0.3 is 5.76 Å². The first kappa shape index (κ1) is 23.8. The van der Waals surface area contributed by atoms with Crippen molar-refractivity contribution in [3.8, 4) is 0 Å². The van der Waals surface area contributed by atoms with E-state index in [9.17, 15) is 4.79 Å². The van der Waals surface area contributed by atoms with Crippen LogP contribution in [-0.4, -0.2) is 34.9 Å². The predicted molar refractivity (Wildman–Crippen MR) is 130 cm³/mol. The Balaban J connectivity index is 0.000000913. The van der Waals surface area contributed by atoms with Crippen LogP contribution in [0.5, 0.6) is 0 Å². The van der Waals surface area contributed by atoms with Gasteiger partial charge in [0.25, 0.3) is 0 Å². The van der Waals surface area contributed by atoms with Crippen LogP contribution < -0.4 is 11.1 Å². The average molecular weight is 458 g/mol. The highest BCUT2D eigenvalue weighted by Gasteiger charge is 2.20. The molecule has 4 rings (SSSR count). The van der Waals surface area contributed by atoms with Crippen LogP contribution in [0.25, 0.3) is 16.9 Å². The maximum Gasteiger partial charge on any atom is 0.421 e. The van der Waals surface area contributed by atoms with Gasteiger partial charge in [-0.1, -0.05) is 40.0 Å². The maximum absolute atomic E-state index is 12.5. The molecule has 0 aliphatic carbocycles. The zero-order chi connectivity index (χ0) is 23.1. The van der Waals surface area contributed by atoms with Gasteiger partial charge in [0, 0.05) is 6.04 Å². The Morgan fingerprint density at radius 1 is 1.22 bits per heavy atom. The van der Waals surface area contributed by atoms with Crippen molar-refractivity contribution in [3.63, 3.8) is 0 Å². The van der Waals surface area contributed by atoms with E-state index >= 15 is 0 Å². The molecule has 0 amide bonds. The summed E-state index contributed by atoms with van der Waals surface area (Å²) in [4.78, 5) is 25.6. The van der Waals surface area contributed by atoms with Gasteiger partial charge < -0.3 is 9.73 Å². The molecule has 32 heavy (non-hydrogen) atoms. The largest absolute Gasteiger partial charge is 0.421 e. The number of anilines is 2. The molecule has 4 heterocycles. The molecule has 0 spiro atoms. The van der Waals surface area contributed by atoms with Crippen molar-refractivity contribution in [2.75, 3.05) is 11.1 Å². The van der Waals surface area contributed by atoms with Crippen molar-refractivity contribution >= 4 is 41.1 Å². The number of fused-ring (bicyclic) bond motifs is 2. The number of unbranched alkanes of at least 4 members (excludes halogenated alkanes) is 1. The van der Waals surface area contributed by atoms with E-state index in [1.165, 1.54) is 18.9 Å². The number of pyridine rings is 1. The van der Waals surface area contributed by atoms with Gasteiger partial charge in [-0.2, -0.15) is 22.7 Å². The minimum Gasteiger partial charge on any atom is -0.404 e. The van der Waals surface area contributed by atoms with Gasteiger partial charge in [0.1, 0.15) is 6.33 Å². The molecule has 10 heteroatoms. The molecular formula is C22H31N7O2S. The number of oxazole rings is 1. The molecule has 1 N–H and O–H groups in total. The zero-order valence-corrected chi connectivity index (χ0v) is 20.0. The summed E-state index contributed by atoms with van der Waals surface area (Å²) in [5, 5.41) is 7.37. The van der Waals surface area contributed by atoms with Gasteiger partial charge in [-0.05, 0) is 37.1 Å². The third kappa shape index (κ3) is 5.29. The van der Waals surface area contributed by atoms with Crippen LogP contribution in [0.15, 0.2) is 34.0 Å². The summed E-state index contributed by atoms with van der Waals surface area (Å²) in [5.41, 5.74) is 3.42. The SMILES string of the molecule is CCC.CCCCC(CCS)n1c(=O)oc2cnc(Nc3cn4ncnc4cc3C)nc21. The van der Waals surface area contributed by atoms with Crippen LogP contribution in [-0.2, 0) is 0 Å². The topological polar surface area (TPSA) is 103 Å². The smallest absolute Gasteiger partial charge is 0.404 e. The number of hydrogen-bond acceptors (Lipinski definition) is 8. The van der Waals surface area contributed by atoms with Crippen molar-refractivity contribution in [3.05, 3.63) is 40.9 Å². The number of hydrogen-bond donors (Lipinski definition) is 2. The monoisotopic (exact) mass is 457 g/mol. The third-order valence-electron chi connectivity index (χ3n) is 4.95. The number of nitrogens with one attached hydrogen (secondary N) is 1. The lowest BCUT2D eigenvalue weighted by Crippen LogP contribution is -2.21. The summed E-state index contributed by atoms with van der Waals surface area (Å²) in [6.07, 6.45) is 9.84.